The predicted molar refractivity (Wildman–Crippen MR) is 126 cm³/mol. The Kier molecular flexibility index (Phi) is 5.37. The van der Waals surface area contributed by atoms with E-state index in [0.29, 0.717) is 36.0 Å². The largest absolute Gasteiger partial charge is 0.375 e. The monoisotopic (exact) mass is 458 g/mol. The molecule has 1 aromatic carbocycles. The van der Waals surface area contributed by atoms with Crippen molar-refractivity contribution in [2.75, 3.05) is 18.9 Å². The molecule has 0 radical (unpaired) electrons. The molecule has 2 atom stereocenters. The number of anilines is 1. The lowest BCUT2D eigenvalue weighted by atomic mass is 9.90. The van der Waals surface area contributed by atoms with Crippen molar-refractivity contribution in [2.45, 2.75) is 25.0 Å². The Morgan fingerprint density at radius 3 is 2.74 bits per heavy atom. The van der Waals surface area contributed by atoms with E-state index in [1.807, 2.05) is 55.2 Å². The van der Waals surface area contributed by atoms with Gasteiger partial charge in [0.05, 0.1) is 17.4 Å². The van der Waals surface area contributed by atoms with Crippen LogP contribution in [0.3, 0.4) is 0 Å². The molecule has 0 bridgehead atoms. The topological polar surface area (TPSA) is 114 Å². The fourth-order valence-corrected chi connectivity index (χ4v) is 4.29. The average Bonchev–Trinajstić information content (AvgIpc) is 3.57. The van der Waals surface area contributed by atoms with E-state index in [4.69, 9.17) is 0 Å². The van der Waals surface area contributed by atoms with Gasteiger partial charge >= 0.3 is 0 Å². The molecule has 1 amide bonds. The molecular formula is C24H26N8O2. The molecule has 2 unspecified atom stereocenters. The molecular weight excluding hydrogens is 432 g/mol. The van der Waals surface area contributed by atoms with Crippen LogP contribution in [0.25, 0.3) is 17.1 Å². The Balaban J connectivity index is 1.38. The number of aliphatic hydroxyl groups is 1. The van der Waals surface area contributed by atoms with Crippen LogP contribution in [-0.4, -0.2) is 59.0 Å². The number of carbonyl (C=O) groups excluding carboxylic acids is 1. The van der Waals surface area contributed by atoms with Crippen LogP contribution in [0, 0.1) is 0 Å². The number of nitrogens with zero attached hydrogens (tertiary/aromatic N) is 7. The summed E-state index contributed by atoms with van der Waals surface area (Å²) >= 11 is 0. The number of amides is 1. The van der Waals surface area contributed by atoms with Crippen molar-refractivity contribution >= 4 is 11.9 Å². The molecule has 2 N–H and O–H groups in total. The van der Waals surface area contributed by atoms with E-state index in [0.717, 1.165) is 11.3 Å². The maximum absolute atomic E-state index is 12.5. The van der Waals surface area contributed by atoms with Crippen LogP contribution in [0.2, 0.25) is 0 Å². The minimum atomic E-state index is -1.49. The number of aryl methyl sites for hydroxylation is 1. The minimum Gasteiger partial charge on any atom is -0.375 e. The number of likely N-dealkylation sites (N-methyl/N-ethyl adjacent to an activating group) is 1. The van der Waals surface area contributed by atoms with E-state index in [1.165, 1.54) is 0 Å². The second-order valence-corrected chi connectivity index (χ2v) is 8.55. The summed E-state index contributed by atoms with van der Waals surface area (Å²) in [6.45, 7) is 2.55. The van der Waals surface area contributed by atoms with E-state index in [9.17, 15) is 9.90 Å². The Hall–Kier alpha value is -4.05. The number of likely N-dealkylation sites (tertiary alicyclic amines) is 1. The molecule has 5 rings (SSSR count). The third-order valence-electron chi connectivity index (χ3n) is 6.26. The molecule has 1 saturated heterocycles. The molecule has 10 heteroatoms. The van der Waals surface area contributed by atoms with Gasteiger partial charge in [-0.2, -0.15) is 15.2 Å². The first-order valence-electron chi connectivity index (χ1n) is 11.1. The maximum atomic E-state index is 12.5. The summed E-state index contributed by atoms with van der Waals surface area (Å²) in [5, 5.41) is 23.2. The minimum absolute atomic E-state index is 0.0261. The second kappa shape index (κ2) is 8.38. The molecule has 1 fully saturated rings. The van der Waals surface area contributed by atoms with Crippen LogP contribution in [0.15, 0.2) is 61.1 Å². The van der Waals surface area contributed by atoms with Gasteiger partial charge < -0.3 is 15.3 Å². The van der Waals surface area contributed by atoms with Crippen LogP contribution in [0.5, 0.6) is 0 Å². The summed E-state index contributed by atoms with van der Waals surface area (Å²) in [6.07, 6.45) is 5.63. The lowest BCUT2D eigenvalue weighted by Crippen LogP contribution is -2.36. The second-order valence-electron chi connectivity index (χ2n) is 8.55. The Bertz CT molecular complexity index is 1350. The van der Waals surface area contributed by atoms with Crippen LogP contribution >= 0.6 is 0 Å². The van der Waals surface area contributed by atoms with Crippen molar-refractivity contribution < 1.29 is 9.90 Å². The summed E-state index contributed by atoms with van der Waals surface area (Å²) in [5.74, 6) is 0.816. The van der Waals surface area contributed by atoms with Gasteiger partial charge in [0.2, 0.25) is 5.95 Å². The zero-order valence-corrected chi connectivity index (χ0v) is 19.3. The standard InChI is InChI=1S/C24H26N8O2/c1-16(20-7-12-26-31(20)3)27-23-25-11-8-21(28-23)32-13-9-19(29-32)17-5-4-6-18(15-17)24(34)10-14-30(2)22(24)33/h4-9,11-13,15-16,34H,10,14H2,1-3H3,(H,25,27,28). The molecule has 0 spiro atoms. The highest BCUT2D eigenvalue weighted by Gasteiger charge is 2.45. The molecule has 1 aliphatic heterocycles. The molecule has 174 valence electrons. The predicted octanol–water partition coefficient (Wildman–Crippen LogP) is 2.29. The fraction of sp³-hybridized carbons (Fsp3) is 0.292. The van der Waals surface area contributed by atoms with Gasteiger partial charge in [-0.25, -0.2) is 9.67 Å². The SMILES string of the molecule is CC(Nc1nccc(-n2ccc(-c3cccc(C4(O)CCN(C)C4=O)c3)n2)n1)c1ccnn1C. The number of hydrogen-bond acceptors (Lipinski definition) is 7. The molecule has 0 saturated carbocycles. The van der Waals surface area contributed by atoms with Crippen molar-refractivity contribution in [3.63, 3.8) is 0 Å². The quantitative estimate of drug-likeness (QED) is 0.456. The Morgan fingerprint density at radius 1 is 1.15 bits per heavy atom. The molecule has 1 aliphatic rings. The molecule has 4 heterocycles. The number of hydrogen-bond donors (Lipinski definition) is 2. The van der Waals surface area contributed by atoms with Gasteiger partial charge in [0.1, 0.15) is 0 Å². The zero-order valence-electron chi connectivity index (χ0n) is 19.3. The number of benzene rings is 1. The normalized spacial score (nSPS) is 18.9. The van der Waals surface area contributed by atoms with E-state index >= 15 is 0 Å². The first kappa shape index (κ1) is 21.8. The number of rotatable bonds is 6. The van der Waals surface area contributed by atoms with Gasteiger partial charge in [0.25, 0.3) is 5.91 Å². The molecule has 4 aromatic rings. The molecule has 3 aromatic heterocycles. The average molecular weight is 459 g/mol. The molecule has 34 heavy (non-hydrogen) atoms. The smallest absolute Gasteiger partial charge is 0.258 e. The summed E-state index contributed by atoms with van der Waals surface area (Å²) in [6, 6.07) is 12.9. The highest BCUT2D eigenvalue weighted by molar-refractivity contribution is 5.88. The van der Waals surface area contributed by atoms with E-state index < -0.39 is 5.60 Å². The van der Waals surface area contributed by atoms with Crippen LogP contribution in [0.4, 0.5) is 5.95 Å². The molecule has 10 nitrogen and oxygen atoms in total. The summed E-state index contributed by atoms with van der Waals surface area (Å²) in [4.78, 5) is 23.0. The number of carbonyl (C=O) groups is 1. The van der Waals surface area contributed by atoms with Gasteiger partial charge in [-0.3, -0.25) is 9.48 Å². The lowest BCUT2D eigenvalue weighted by Gasteiger charge is -2.21. The van der Waals surface area contributed by atoms with Gasteiger partial charge in [-0.05, 0) is 30.7 Å². The highest BCUT2D eigenvalue weighted by atomic mass is 16.3. The van der Waals surface area contributed by atoms with Crippen molar-refractivity contribution in [1.82, 2.24) is 34.4 Å². The van der Waals surface area contributed by atoms with Gasteiger partial charge in [-0.1, -0.05) is 18.2 Å². The van der Waals surface area contributed by atoms with Crippen molar-refractivity contribution in [2.24, 2.45) is 7.05 Å². The summed E-state index contributed by atoms with van der Waals surface area (Å²) in [5.41, 5.74) is 1.62. The first-order valence-corrected chi connectivity index (χ1v) is 11.1. The van der Waals surface area contributed by atoms with Crippen molar-refractivity contribution in [1.29, 1.82) is 0 Å². The summed E-state index contributed by atoms with van der Waals surface area (Å²) in [7, 11) is 3.60. The van der Waals surface area contributed by atoms with Gasteiger partial charge in [-0.15, -0.1) is 0 Å². The number of nitrogens with one attached hydrogen (secondary N) is 1. The third kappa shape index (κ3) is 3.81. The van der Waals surface area contributed by atoms with E-state index in [-0.39, 0.29) is 11.9 Å². The fourth-order valence-electron chi connectivity index (χ4n) is 4.29. The van der Waals surface area contributed by atoms with Crippen molar-refractivity contribution in [3.05, 3.63) is 72.3 Å². The van der Waals surface area contributed by atoms with Crippen molar-refractivity contribution in [3.8, 4) is 17.1 Å². The van der Waals surface area contributed by atoms with Crippen LogP contribution in [0.1, 0.15) is 30.6 Å². The zero-order chi connectivity index (χ0) is 23.9. The maximum Gasteiger partial charge on any atom is 0.258 e. The van der Waals surface area contributed by atoms with Gasteiger partial charge in [0, 0.05) is 57.3 Å². The first-order chi connectivity index (χ1) is 16.3. The van der Waals surface area contributed by atoms with Gasteiger partial charge in [0.15, 0.2) is 11.4 Å². The Labute approximate surface area is 196 Å². The van der Waals surface area contributed by atoms with E-state index in [2.05, 4.69) is 25.5 Å². The highest BCUT2D eigenvalue weighted by Crippen LogP contribution is 2.34. The Morgan fingerprint density at radius 2 is 2.00 bits per heavy atom. The third-order valence-corrected chi connectivity index (χ3v) is 6.26. The molecule has 0 aliphatic carbocycles. The van der Waals surface area contributed by atoms with Crippen LogP contribution < -0.4 is 5.32 Å². The number of aromatic nitrogens is 6. The lowest BCUT2D eigenvalue weighted by molar-refractivity contribution is -0.143. The van der Waals surface area contributed by atoms with Crippen LogP contribution in [-0.2, 0) is 17.4 Å². The van der Waals surface area contributed by atoms with E-state index in [1.54, 1.807) is 41.2 Å². The summed E-state index contributed by atoms with van der Waals surface area (Å²) < 4.78 is 3.48.